The maximum absolute atomic E-state index is 12.8. The molecule has 0 spiro atoms. The fraction of sp³-hybridized carbons (Fsp3) is 0.978. The van der Waals surface area contributed by atoms with E-state index in [0.29, 0.717) is 13.0 Å². The molecule has 6 unspecified atom stereocenters. The predicted octanol–water partition coefficient (Wildman–Crippen LogP) is 10.3. The zero-order valence-corrected chi connectivity index (χ0v) is 35.3. The van der Waals surface area contributed by atoms with Crippen LogP contribution in [0.25, 0.3) is 0 Å². The van der Waals surface area contributed by atoms with Crippen molar-refractivity contribution < 1.29 is 44.2 Å². The zero-order chi connectivity index (χ0) is 39.3. The highest BCUT2D eigenvalue weighted by Crippen LogP contribution is 2.23. The van der Waals surface area contributed by atoms with Gasteiger partial charge in [0.2, 0.25) is 0 Å². The summed E-state index contributed by atoms with van der Waals surface area (Å²) in [6.45, 7) is 4.59. The van der Waals surface area contributed by atoms with Gasteiger partial charge in [0.15, 0.2) is 6.29 Å². The van der Waals surface area contributed by atoms with Gasteiger partial charge in [-0.15, -0.1) is 0 Å². The van der Waals surface area contributed by atoms with Crippen LogP contribution in [0.4, 0.5) is 0 Å². The first-order chi connectivity index (χ1) is 26.4. The summed E-state index contributed by atoms with van der Waals surface area (Å²) in [4.78, 5) is 12.8. The van der Waals surface area contributed by atoms with E-state index in [-0.39, 0.29) is 19.2 Å². The number of esters is 1. The molecule has 1 saturated heterocycles. The molecule has 6 atom stereocenters. The van der Waals surface area contributed by atoms with Crippen molar-refractivity contribution in [2.45, 2.75) is 256 Å². The molecule has 9 nitrogen and oxygen atoms in total. The van der Waals surface area contributed by atoms with Crippen molar-refractivity contribution >= 4 is 5.97 Å². The van der Waals surface area contributed by atoms with Crippen LogP contribution in [-0.2, 0) is 23.7 Å². The summed E-state index contributed by atoms with van der Waals surface area (Å²) in [5, 5.41) is 40.0. The summed E-state index contributed by atoms with van der Waals surface area (Å²) in [5.74, 6) is -0.308. The lowest BCUT2D eigenvalue weighted by molar-refractivity contribution is -0.305. The number of hydrogen-bond donors (Lipinski definition) is 4. The summed E-state index contributed by atoms with van der Waals surface area (Å²) in [7, 11) is 0. The van der Waals surface area contributed by atoms with E-state index in [1.165, 1.54) is 167 Å². The summed E-state index contributed by atoms with van der Waals surface area (Å²) < 4.78 is 22.8. The fourth-order valence-corrected chi connectivity index (χ4v) is 7.38. The van der Waals surface area contributed by atoms with Crippen LogP contribution in [0.1, 0.15) is 219 Å². The number of aliphatic hydroxyl groups excluding tert-OH is 4. The largest absolute Gasteiger partial charge is 0.457 e. The number of unbranched alkanes of at least 4 members (excludes halogenated alkanes) is 29. The average Bonchev–Trinajstić information content (AvgIpc) is 3.17. The molecule has 4 N–H and O–H groups in total. The first kappa shape index (κ1) is 51.2. The molecule has 0 saturated carbocycles. The van der Waals surface area contributed by atoms with Crippen molar-refractivity contribution in [1.82, 2.24) is 0 Å². The Morgan fingerprint density at radius 3 is 1.31 bits per heavy atom. The minimum absolute atomic E-state index is 0.106. The summed E-state index contributed by atoms with van der Waals surface area (Å²) in [6.07, 6.45) is 32.9. The van der Waals surface area contributed by atoms with Gasteiger partial charge in [0.25, 0.3) is 0 Å². The van der Waals surface area contributed by atoms with Gasteiger partial charge in [0.05, 0.1) is 19.8 Å². The second-order valence-electron chi connectivity index (χ2n) is 16.2. The maximum atomic E-state index is 12.8. The van der Waals surface area contributed by atoms with E-state index in [9.17, 15) is 25.2 Å². The molecule has 0 bridgehead atoms. The molecule has 0 radical (unpaired) electrons. The standard InChI is InChI=1S/C45H88O9/c1-3-5-7-9-11-13-14-15-16-17-18-19-20-21-22-23-24-25-26-28-30-32-34-41(47)53-39(37-51-35-33-31-29-27-12-10-8-6-4-2)38-52-45-44(50)43(49)42(48)40(36-46)54-45/h39-40,42-46,48-50H,3-38H2,1-2H3. The van der Waals surface area contributed by atoms with Gasteiger partial charge in [-0.05, 0) is 12.8 Å². The van der Waals surface area contributed by atoms with Gasteiger partial charge in [0, 0.05) is 13.0 Å². The van der Waals surface area contributed by atoms with Crippen molar-refractivity contribution in [2.75, 3.05) is 26.4 Å². The van der Waals surface area contributed by atoms with Gasteiger partial charge in [-0.25, -0.2) is 0 Å². The number of carbonyl (C=O) groups excluding carboxylic acids is 1. The van der Waals surface area contributed by atoms with E-state index in [0.717, 1.165) is 32.1 Å². The molecule has 54 heavy (non-hydrogen) atoms. The molecule has 322 valence electrons. The lowest BCUT2D eigenvalue weighted by Gasteiger charge is -2.39. The van der Waals surface area contributed by atoms with Crippen LogP contribution in [0.15, 0.2) is 0 Å². The third kappa shape index (κ3) is 28.6. The van der Waals surface area contributed by atoms with Gasteiger partial charge < -0.3 is 39.4 Å². The van der Waals surface area contributed by atoms with Gasteiger partial charge >= 0.3 is 5.97 Å². The van der Waals surface area contributed by atoms with Crippen molar-refractivity contribution in [3.05, 3.63) is 0 Å². The molecule has 0 amide bonds. The Morgan fingerprint density at radius 1 is 0.519 bits per heavy atom. The highest BCUT2D eigenvalue weighted by Gasteiger charge is 2.44. The van der Waals surface area contributed by atoms with E-state index in [1.807, 2.05) is 0 Å². The van der Waals surface area contributed by atoms with Crippen LogP contribution in [0.5, 0.6) is 0 Å². The Hall–Kier alpha value is -0.810. The fourth-order valence-electron chi connectivity index (χ4n) is 7.38. The molecular formula is C45H88O9. The third-order valence-electron chi connectivity index (χ3n) is 11.0. The molecule has 1 heterocycles. The number of hydrogen-bond acceptors (Lipinski definition) is 9. The number of ether oxygens (including phenoxy) is 4. The molecular weight excluding hydrogens is 684 g/mol. The Labute approximate surface area is 332 Å². The second-order valence-corrected chi connectivity index (χ2v) is 16.2. The molecule has 9 heteroatoms. The Morgan fingerprint density at radius 2 is 0.907 bits per heavy atom. The summed E-state index contributed by atoms with van der Waals surface area (Å²) in [5.41, 5.74) is 0. The van der Waals surface area contributed by atoms with E-state index in [1.54, 1.807) is 0 Å². The van der Waals surface area contributed by atoms with E-state index >= 15 is 0 Å². The monoisotopic (exact) mass is 773 g/mol. The van der Waals surface area contributed by atoms with Crippen molar-refractivity contribution in [3.8, 4) is 0 Å². The molecule has 0 aliphatic carbocycles. The molecule has 1 aliphatic rings. The number of carbonyl (C=O) groups is 1. The van der Waals surface area contributed by atoms with Gasteiger partial charge in [0.1, 0.15) is 30.5 Å². The molecule has 1 aliphatic heterocycles. The Balaban J connectivity index is 2.15. The summed E-state index contributed by atoms with van der Waals surface area (Å²) in [6, 6.07) is 0. The lowest BCUT2D eigenvalue weighted by Crippen LogP contribution is -2.59. The number of rotatable bonds is 40. The maximum Gasteiger partial charge on any atom is 0.306 e. The smallest absolute Gasteiger partial charge is 0.306 e. The van der Waals surface area contributed by atoms with Gasteiger partial charge in [-0.2, -0.15) is 0 Å². The quantitative estimate of drug-likeness (QED) is 0.0355. The SMILES string of the molecule is CCCCCCCCCCCCCCCCCCCCCCCCC(=O)OC(COCCCCCCCCCCC)COC1OC(CO)C(O)C(O)C1O. The Bertz CT molecular complexity index is 797. The van der Waals surface area contributed by atoms with Crippen molar-refractivity contribution in [2.24, 2.45) is 0 Å². The molecule has 0 aromatic rings. The average molecular weight is 773 g/mol. The van der Waals surface area contributed by atoms with Crippen molar-refractivity contribution in [1.29, 1.82) is 0 Å². The van der Waals surface area contributed by atoms with Gasteiger partial charge in [-0.3, -0.25) is 4.79 Å². The molecule has 0 aromatic heterocycles. The van der Waals surface area contributed by atoms with E-state index < -0.39 is 43.4 Å². The highest BCUT2D eigenvalue weighted by molar-refractivity contribution is 5.69. The zero-order valence-electron chi connectivity index (χ0n) is 35.3. The lowest BCUT2D eigenvalue weighted by atomic mass is 9.99. The topological polar surface area (TPSA) is 135 Å². The first-order valence-electron chi connectivity index (χ1n) is 23.1. The van der Waals surface area contributed by atoms with Crippen LogP contribution in [0, 0.1) is 0 Å². The minimum Gasteiger partial charge on any atom is -0.457 e. The van der Waals surface area contributed by atoms with Crippen LogP contribution in [0.3, 0.4) is 0 Å². The van der Waals surface area contributed by atoms with Crippen LogP contribution >= 0.6 is 0 Å². The minimum atomic E-state index is -1.53. The van der Waals surface area contributed by atoms with Crippen LogP contribution in [-0.4, -0.2) is 89.6 Å². The predicted molar refractivity (Wildman–Crippen MR) is 220 cm³/mol. The Kier molecular flexibility index (Phi) is 35.8. The third-order valence-corrected chi connectivity index (χ3v) is 11.0. The highest BCUT2D eigenvalue weighted by atomic mass is 16.7. The normalized spacial score (nSPS) is 20.7. The second kappa shape index (κ2) is 37.7. The van der Waals surface area contributed by atoms with Crippen LogP contribution in [0.2, 0.25) is 0 Å². The van der Waals surface area contributed by atoms with E-state index in [2.05, 4.69) is 13.8 Å². The van der Waals surface area contributed by atoms with Crippen molar-refractivity contribution in [3.63, 3.8) is 0 Å². The number of aliphatic hydroxyl groups is 4. The molecule has 1 rings (SSSR count). The molecule has 0 aromatic carbocycles. The molecule has 1 fully saturated rings. The first-order valence-corrected chi connectivity index (χ1v) is 23.1. The van der Waals surface area contributed by atoms with Crippen LogP contribution < -0.4 is 0 Å². The van der Waals surface area contributed by atoms with Gasteiger partial charge in [-0.1, -0.05) is 200 Å². The summed E-state index contributed by atoms with van der Waals surface area (Å²) >= 11 is 0. The van der Waals surface area contributed by atoms with E-state index in [4.69, 9.17) is 18.9 Å².